The van der Waals surface area contributed by atoms with Crippen LogP contribution in [-0.4, -0.2) is 110 Å². The van der Waals surface area contributed by atoms with Crippen molar-refractivity contribution in [3.63, 3.8) is 0 Å². The molecule has 0 saturated carbocycles. The van der Waals surface area contributed by atoms with Gasteiger partial charge in [0.15, 0.2) is 0 Å². The highest BCUT2D eigenvalue weighted by molar-refractivity contribution is 7.91. The van der Waals surface area contributed by atoms with Crippen LogP contribution in [-0.2, 0) is 24.4 Å². The Morgan fingerprint density at radius 3 is 2.41 bits per heavy atom. The fourth-order valence-electron chi connectivity index (χ4n) is 6.62. The summed E-state index contributed by atoms with van der Waals surface area (Å²) in [6.07, 6.45) is 4.66. The first-order chi connectivity index (χ1) is 21.1. The lowest BCUT2D eigenvalue weighted by Gasteiger charge is -2.38. The van der Waals surface area contributed by atoms with Gasteiger partial charge in [-0.05, 0) is 83.2 Å². The van der Waals surface area contributed by atoms with Gasteiger partial charge in [0.05, 0.1) is 16.8 Å². The Balaban J connectivity index is 1.16. The van der Waals surface area contributed by atoms with E-state index in [0.717, 1.165) is 59.9 Å². The Kier molecular flexibility index (Phi) is 11.1. The number of thiophene rings is 2. The smallest absolute Gasteiger partial charge is 0.250 e. The van der Waals surface area contributed by atoms with Crippen LogP contribution in [0.3, 0.4) is 0 Å². The molecule has 0 aromatic carbocycles. The fraction of sp³-hybridized carbons (Fsp3) is 0.633. The molecule has 0 spiro atoms. The highest BCUT2D eigenvalue weighted by atomic mass is 35.5. The minimum atomic E-state index is -3.92. The van der Waals surface area contributed by atoms with Gasteiger partial charge >= 0.3 is 0 Å². The van der Waals surface area contributed by atoms with Crippen LogP contribution < -0.4 is 4.72 Å². The monoisotopic (exact) mass is 683 g/mol. The molecule has 0 aliphatic carbocycles. The van der Waals surface area contributed by atoms with E-state index < -0.39 is 16.1 Å². The van der Waals surface area contributed by atoms with E-state index in [0.29, 0.717) is 49.9 Å². The van der Waals surface area contributed by atoms with Gasteiger partial charge in [-0.1, -0.05) is 11.6 Å². The largest absolute Gasteiger partial charge is 0.343 e. The van der Waals surface area contributed by atoms with Crippen molar-refractivity contribution in [1.29, 1.82) is 0 Å². The standard InChI is InChI=1S/C30H42ClN5O5S3/c1-3-34(4-2)29(38)21-8-5-15-33(18-21)19-22-9-6-17-36(22)27(37)20-35-16-7-10-23(30(35)39)32-44(40,41)28-14-12-25(43-28)24-11-13-26(31)42-24/h11-14,21-23,32H,3-10,15-20H2,1-2H3. The average Bonchev–Trinajstić information content (AvgIpc) is 3.77. The summed E-state index contributed by atoms with van der Waals surface area (Å²) in [5.41, 5.74) is 0. The molecule has 5 heterocycles. The van der Waals surface area contributed by atoms with Crippen molar-refractivity contribution < 1.29 is 22.8 Å². The summed E-state index contributed by atoms with van der Waals surface area (Å²) >= 11 is 8.55. The van der Waals surface area contributed by atoms with Gasteiger partial charge in [0.25, 0.3) is 10.0 Å². The number of halogens is 1. The van der Waals surface area contributed by atoms with E-state index in [1.807, 2.05) is 29.7 Å². The zero-order chi connectivity index (χ0) is 31.4. The van der Waals surface area contributed by atoms with Crippen LogP contribution in [0.25, 0.3) is 9.75 Å². The molecule has 242 valence electrons. The maximum Gasteiger partial charge on any atom is 0.250 e. The Morgan fingerprint density at radius 2 is 1.68 bits per heavy atom. The van der Waals surface area contributed by atoms with Gasteiger partial charge in [-0.25, -0.2) is 8.42 Å². The number of nitrogens with one attached hydrogen (secondary N) is 1. The van der Waals surface area contributed by atoms with Crippen molar-refractivity contribution in [2.24, 2.45) is 5.92 Å². The number of carbonyl (C=O) groups excluding carboxylic acids is 3. The minimum Gasteiger partial charge on any atom is -0.343 e. The molecule has 2 aromatic rings. The summed E-state index contributed by atoms with van der Waals surface area (Å²) in [4.78, 5) is 49.2. The topological polar surface area (TPSA) is 110 Å². The number of sulfonamides is 1. The SMILES string of the molecule is CCN(CC)C(=O)C1CCCN(CC2CCCN2C(=O)CN2CCCC(NS(=O)(=O)c3ccc(-c4ccc(Cl)s4)s3)C2=O)C1. The van der Waals surface area contributed by atoms with Crippen LogP contribution in [0.15, 0.2) is 28.5 Å². The average molecular weight is 684 g/mol. The predicted octanol–water partition coefficient (Wildman–Crippen LogP) is 3.97. The van der Waals surface area contributed by atoms with E-state index in [-0.39, 0.29) is 40.4 Å². The first-order valence-electron chi connectivity index (χ1n) is 15.6. The number of piperidine rings is 2. The Labute approximate surface area is 273 Å². The molecule has 2 aromatic heterocycles. The fourth-order valence-corrected chi connectivity index (χ4v) is 10.3. The molecule has 3 saturated heterocycles. The molecule has 10 nitrogen and oxygen atoms in total. The third-order valence-electron chi connectivity index (χ3n) is 8.91. The molecule has 44 heavy (non-hydrogen) atoms. The lowest BCUT2D eigenvalue weighted by atomic mass is 9.96. The highest BCUT2D eigenvalue weighted by Gasteiger charge is 2.37. The van der Waals surface area contributed by atoms with Crippen molar-refractivity contribution in [3.05, 3.63) is 28.6 Å². The van der Waals surface area contributed by atoms with E-state index in [2.05, 4.69) is 9.62 Å². The van der Waals surface area contributed by atoms with Crippen LogP contribution in [0.4, 0.5) is 0 Å². The van der Waals surface area contributed by atoms with Gasteiger partial charge in [-0.3, -0.25) is 14.4 Å². The minimum absolute atomic E-state index is 0.00385. The van der Waals surface area contributed by atoms with Crippen molar-refractivity contribution in [1.82, 2.24) is 24.3 Å². The molecule has 14 heteroatoms. The van der Waals surface area contributed by atoms with Crippen LogP contribution in [0.2, 0.25) is 4.34 Å². The molecule has 3 fully saturated rings. The second-order valence-corrected chi connectivity index (χ2v) is 16.5. The van der Waals surface area contributed by atoms with E-state index in [9.17, 15) is 22.8 Å². The Hall–Kier alpha value is -2.03. The quantitative estimate of drug-likeness (QED) is 0.384. The third-order valence-corrected chi connectivity index (χ3v) is 13.4. The first kappa shape index (κ1) is 33.3. The lowest BCUT2D eigenvalue weighted by molar-refractivity contribution is -0.143. The van der Waals surface area contributed by atoms with Gasteiger partial charge in [0.2, 0.25) is 17.7 Å². The molecule has 3 unspecified atom stereocenters. The van der Waals surface area contributed by atoms with E-state index >= 15 is 0 Å². The molecule has 0 bridgehead atoms. The lowest BCUT2D eigenvalue weighted by Crippen LogP contribution is -2.55. The van der Waals surface area contributed by atoms with Crippen LogP contribution in [0, 0.1) is 5.92 Å². The van der Waals surface area contributed by atoms with Gasteiger partial charge in [0.1, 0.15) is 10.3 Å². The Bertz CT molecular complexity index is 1440. The molecule has 5 rings (SSSR count). The van der Waals surface area contributed by atoms with Crippen molar-refractivity contribution >= 4 is 62.0 Å². The summed E-state index contributed by atoms with van der Waals surface area (Å²) < 4.78 is 29.8. The van der Waals surface area contributed by atoms with E-state index in [1.54, 1.807) is 18.2 Å². The van der Waals surface area contributed by atoms with Gasteiger partial charge in [-0.2, -0.15) is 4.72 Å². The third kappa shape index (κ3) is 7.67. The first-order valence-corrected chi connectivity index (χ1v) is 19.1. The summed E-state index contributed by atoms with van der Waals surface area (Å²) in [6, 6.07) is 6.05. The number of amides is 3. The summed E-state index contributed by atoms with van der Waals surface area (Å²) in [6.45, 7) is 8.83. The van der Waals surface area contributed by atoms with Crippen LogP contribution in [0.1, 0.15) is 52.4 Å². The second kappa shape index (κ2) is 14.6. The van der Waals surface area contributed by atoms with Crippen LogP contribution >= 0.6 is 34.3 Å². The van der Waals surface area contributed by atoms with Gasteiger partial charge in [0, 0.05) is 55.1 Å². The molecule has 3 aliphatic rings. The molecule has 3 aliphatic heterocycles. The maximum absolute atomic E-state index is 13.5. The number of rotatable bonds is 11. The summed E-state index contributed by atoms with van der Waals surface area (Å²) in [5.74, 6) is -0.246. The number of hydrogen-bond acceptors (Lipinski definition) is 8. The van der Waals surface area contributed by atoms with Crippen LogP contribution in [0.5, 0.6) is 0 Å². The van der Waals surface area contributed by atoms with E-state index in [4.69, 9.17) is 11.6 Å². The van der Waals surface area contributed by atoms with Crippen molar-refractivity contribution in [2.45, 2.75) is 68.7 Å². The zero-order valence-corrected chi connectivity index (χ0v) is 28.6. The number of likely N-dealkylation sites (tertiary alicyclic amines) is 3. The Morgan fingerprint density at radius 1 is 0.977 bits per heavy atom. The highest BCUT2D eigenvalue weighted by Crippen LogP contribution is 2.37. The number of hydrogen-bond donors (Lipinski definition) is 1. The maximum atomic E-state index is 13.5. The molecule has 3 atom stereocenters. The van der Waals surface area contributed by atoms with Gasteiger partial charge in [-0.15, -0.1) is 22.7 Å². The zero-order valence-electron chi connectivity index (χ0n) is 25.4. The van der Waals surface area contributed by atoms with Gasteiger partial charge < -0.3 is 19.6 Å². The predicted molar refractivity (Wildman–Crippen MR) is 174 cm³/mol. The summed E-state index contributed by atoms with van der Waals surface area (Å²) in [7, 11) is -3.92. The molecular weight excluding hydrogens is 642 g/mol. The van der Waals surface area contributed by atoms with E-state index in [1.165, 1.54) is 16.2 Å². The number of nitrogens with zero attached hydrogens (tertiary/aromatic N) is 4. The second-order valence-electron chi connectivity index (χ2n) is 11.8. The summed E-state index contributed by atoms with van der Waals surface area (Å²) in [5, 5.41) is 0. The molecule has 3 amide bonds. The normalized spacial score (nSPS) is 23.3. The molecule has 1 N–H and O–H groups in total. The molecule has 0 radical (unpaired) electrons. The number of carbonyl (C=O) groups is 3. The van der Waals surface area contributed by atoms with Crippen molar-refractivity contribution in [3.8, 4) is 9.75 Å². The van der Waals surface area contributed by atoms with Crippen molar-refractivity contribution in [2.75, 3.05) is 52.4 Å². The molecular formula is C30H42ClN5O5S3.